The van der Waals surface area contributed by atoms with E-state index in [9.17, 15) is 5.11 Å². The Hall–Kier alpha value is -1.77. The first-order valence-electron chi connectivity index (χ1n) is 8.46. The quantitative estimate of drug-likeness (QED) is 0.804. The summed E-state index contributed by atoms with van der Waals surface area (Å²) < 4.78 is 1.91. The topological polar surface area (TPSA) is 38.1 Å². The third-order valence-corrected chi connectivity index (χ3v) is 4.30. The lowest BCUT2D eigenvalue weighted by Gasteiger charge is -2.21. The molecule has 1 aromatic carbocycles. The third kappa shape index (κ3) is 3.44. The van der Waals surface area contributed by atoms with Crippen LogP contribution in [0.4, 0.5) is 0 Å². The van der Waals surface area contributed by atoms with Crippen LogP contribution in [0.1, 0.15) is 77.1 Å². The number of aromatic nitrogens is 2. The van der Waals surface area contributed by atoms with Gasteiger partial charge in [-0.2, -0.15) is 5.10 Å². The Morgan fingerprint density at radius 3 is 1.78 bits per heavy atom. The van der Waals surface area contributed by atoms with Gasteiger partial charge in [-0.25, -0.2) is 0 Å². The Bertz CT molecular complexity index is 677. The number of hydrogen-bond acceptors (Lipinski definition) is 2. The molecule has 0 saturated heterocycles. The summed E-state index contributed by atoms with van der Waals surface area (Å²) in [6.07, 6.45) is 0. The lowest BCUT2D eigenvalue weighted by Crippen LogP contribution is -2.24. The van der Waals surface area contributed by atoms with Gasteiger partial charge < -0.3 is 5.11 Å². The Morgan fingerprint density at radius 1 is 0.957 bits per heavy atom. The van der Waals surface area contributed by atoms with Crippen LogP contribution in [0.2, 0.25) is 0 Å². The van der Waals surface area contributed by atoms with E-state index in [0.717, 1.165) is 11.3 Å². The normalized spacial score (nSPS) is 12.4. The van der Waals surface area contributed by atoms with Crippen molar-refractivity contribution in [3.63, 3.8) is 0 Å². The van der Waals surface area contributed by atoms with Gasteiger partial charge in [-0.15, -0.1) is 0 Å². The molecule has 2 rings (SSSR count). The highest BCUT2D eigenvalue weighted by Crippen LogP contribution is 2.36. The molecule has 0 spiro atoms. The highest BCUT2D eigenvalue weighted by atomic mass is 16.3. The average Bonchev–Trinajstić information content (AvgIpc) is 2.74. The summed E-state index contributed by atoms with van der Waals surface area (Å²) in [5.41, 5.74) is 4.91. The van der Waals surface area contributed by atoms with E-state index < -0.39 is 0 Å². The first-order chi connectivity index (χ1) is 10.5. The fraction of sp³-hybridized carbons (Fsp3) is 0.550. The van der Waals surface area contributed by atoms with Gasteiger partial charge in [0.2, 0.25) is 0 Å². The molecule has 2 aromatic rings. The van der Waals surface area contributed by atoms with E-state index in [1.807, 2.05) is 11.6 Å². The largest absolute Gasteiger partial charge is 0.504 e. The molecule has 126 valence electrons. The summed E-state index contributed by atoms with van der Waals surface area (Å²) in [5.74, 6) is 1.18. The van der Waals surface area contributed by atoms with Crippen molar-refractivity contribution < 1.29 is 5.11 Å². The van der Waals surface area contributed by atoms with Crippen molar-refractivity contribution in [2.45, 2.75) is 72.8 Å². The number of benzene rings is 1. The van der Waals surface area contributed by atoms with Crippen molar-refractivity contribution >= 4 is 0 Å². The second-order valence-corrected chi connectivity index (χ2v) is 8.06. The van der Waals surface area contributed by atoms with Gasteiger partial charge in [0.05, 0.1) is 11.2 Å². The SMILES string of the molecule is Cc1c(O)c(-c2cc(C(C)C)cc(C(C)C)c2)nn1C(C)(C)C. The van der Waals surface area contributed by atoms with E-state index in [2.05, 4.69) is 66.7 Å². The molecular weight excluding hydrogens is 284 g/mol. The molecule has 1 N–H and O–H groups in total. The van der Waals surface area contributed by atoms with Crippen molar-refractivity contribution in [2.75, 3.05) is 0 Å². The highest BCUT2D eigenvalue weighted by molar-refractivity contribution is 5.69. The molecule has 0 bridgehead atoms. The number of rotatable bonds is 3. The van der Waals surface area contributed by atoms with Crippen LogP contribution in [0.15, 0.2) is 18.2 Å². The summed E-state index contributed by atoms with van der Waals surface area (Å²) in [4.78, 5) is 0. The maximum absolute atomic E-state index is 10.6. The molecule has 0 fully saturated rings. The van der Waals surface area contributed by atoms with Crippen molar-refractivity contribution in [3.8, 4) is 17.0 Å². The molecule has 0 atom stereocenters. The van der Waals surface area contributed by atoms with E-state index in [0.29, 0.717) is 17.5 Å². The van der Waals surface area contributed by atoms with Crippen molar-refractivity contribution in [2.24, 2.45) is 0 Å². The molecule has 1 heterocycles. The van der Waals surface area contributed by atoms with Gasteiger partial charge in [-0.3, -0.25) is 4.68 Å². The van der Waals surface area contributed by atoms with E-state index in [1.54, 1.807) is 0 Å². The minimum absolute atomic E-state index is 0.156. The average molecular weight is 314 g/mol. The van der Waals surface area contributed by atoms with Crippen LogP contribution >= 0.6 is 0 Å². The molecule has 0 radical (unpaired) electrons. The lowest BCUT2D eigenvalue weighted by atomic mass is 9.92. The van der Waals surface area contributed by atoms with Crippen LogP contribution in [0.5, 0.6) is 5.75 Å². The lowest BCUT2D eigenvalue weighted by molar-refractivity contribution is 0.345. The van der Waals surface area contributed by atoms with Crippen LogP contribution in [-0.2, 0) is 5.54 Å². The molecular formula is C20H30N2O. The molecule has 0 aliphatic heterocycles. The molecule has 23 heavy (non-hydrogen) atoms. The fourth-order valence-corrected chi connectivity index (χ4v) is 2.82. The van der Waals surface area contributed by atoms with Gasteiger partial charge in [0, 0.05) is 5.56 Å². The monoisotopic (exact) mass is 314 g/mol. The molecule has 0 aliphatic rings. The summed E-state index contributed by atoms with van der Waals surface area (Å²) in [6.45, 7) is 17.0. The molecule has 0 aliphatic carbocycles. The zero-order valence-corrected chi connectivity index (χ0v) is 15.7. The van der Waals surface area contributed by atoms with E-state index in [4.69, 9.17) is 5.10 Å². The fourth-order valence-electron chi connectivity index (χ4n) is 2.82. The Balaban J connectivity index is 2.67. The van der Waals surface area contributed by atoms with E-state index >= 15 is 0 Å². The van der Waals surface area contributed by atoms with Crippen LogP contribution in [0, 0.1) is 6.92 Å². The minimum atomic E-state index is -0.156. The third-order valence-electron chi connectivity index (χ3n) is 4.30. The minimum Gasteiger partial charge on any atom is -0.504 e. The van der Waals surface area contributed by atoms with Gasteiger partial charge >= 0.3 is 0 Å². The predicted molar refractivity (Wildman–Crippen MR) is 97.2 cm³/mol. The van der Waals surface area contributed by atoms with E-state index in [1.165, 1.54) is 11.1 Å². The first-order valence-corrected chi connectivity index (χ1v) is 8.46. The summed E-state index contributed by atoms with van der Waals surface area (Å²) in [7, 11) is 0. The van der Waals surface area contributed by atoms with Gasteiger partial charge in [-0.05, 0) is 62.8 Å². The van der Waals surface area contributed by atoms with Crippen molar-refractivity contribution in [3.05, 3.63) is 35.0 Å². The summed E-state index contributed by atoms with van der Waals surface area (Å²) in [6, 6.07) is 6.58. The first kappa shape index (κ1) is 17.6. The van der Waals surface area contributed by atoms with Crippen LogP contribution < -0.4 is 0 Å². The summed E-state index contributed by atoms with van der Waals surface area (Å²) in [5, 5.41) is 15.3. The second kappa shape index (κ2) is 6.03. The van der Waals surface area contributed by atoms with E-state index in [-0.39, 0.29) is 11.3 Å². The van der Waals surface area contributed by atoms with Gasteiger partial charge in [0.15, 0.2) is 5.75 Å². The van der Waals surface area contributed by atoms with Gasteiger partial charge in [0.25, 0.3) is 0 Å². The maximum atomic E-state index is 10.6. The molecule has 0 saturated carbocycles. The van der Waals surface area contributed by atoms with Crippen LogP contribution in [0.25, 0.3) is 11.3 Å². The van der Waals surface area contributed by atoms with Gasteiger partial charge in [0.1, 0.15) is 5.69 Å². The second-order valence-electron chi connectivity index (χ2n) is 8.06. The zero-order chi connectivity index (χ0) is 17.5. The Labute approximate surface area is 140 Å². The maximum Gasteiger partial charge on any atom is 0.164 e. The molecule has 0 unspecified atom stereocenters. The number of nitrogens with zero attached hydrogens (tertiary/aromatic N) is 2. The molecule has 1 aromatic heterocycles. The smallest absolute Gasteiger partial charge is 0.164 e. The van der Waals surface area contributed by atoms with Crippen molar-refractivity contribution in [1.82, 2.24) is 9.78 Å². The standard InChI is InChI=1S/C20H30N2O/c1-12(2)15-9-16(13(3)4)11-17(10-15)18-19(23)14(5)22(21-18)20(6,7)8/h9-13,23H,1-8H3. The van der Waals surface area contributed by atoms with Crippen molar-refractivity contribution in [1.29, 1.82) is 0 Å². The zero-order valence-electron chi connectivity index (χ0n) is 15.7. The summed E-state index contributed by atoms with van der Waals surface area (Å²) >= 11 is 0. The number of aromatic hydroxyl groups is 1. The number of hydrogen-bond donors (Lipinski definition) is 1. The molecule has 3 heteroatoms. The predicted octanol–water partition coefficient (Wildman–Crippen LogP) is 5.57. The Morgan fingerprint density at radius 2 is 1.43 bits per heavy atom. The molecule has 0 amide bonds. The Kier molecular flexibility index (Phi) is 4.61. The van der Waals surface area contributed by atoms with Crippen LogP contribution in [-0.4, -0.2) is 14.9 Å². The van der Waals surface area contributed by atoms with Crippen LogP contribution in [0.3, 0.4) is 0 Å². The molecule has 3 nitrogen and oxygen atoms in total. The van der Waals surface area contributed by atoms with Gasteiger partial charge in [-0.1, -0.05) is 33.8 Å². The highest BCUT2D eigenvalue weighted by Gasteiger charge is 2.23.